The zero-order chi connectivity index (χ0) is 23.4. The largest absolute Gasteiger partial charge is 0.380 e. The molecule has 176 valence electrons. The van der Waals surface area contributed by atoms with Gasteiger partial charge >= 0.3 is 0 Å². The van der Waals surface area contributed by atoms with Crippen molar-refractivity contribution in [2.45, 2.75) is 37.6 Å². The van der Waals surface area contributed by atoms with Gasteiger partial charge in [-0.3, -0.25) is 4.79 Å². The van der Waals surface area contributed by atoms with Crippen molar-refractivity contribution < 1.29 is 22.3 Å². The molecule has 33 heavy (non-hydrogen) atoms. The van der Waals surface area contributed by atoms with E-state index < -0.39 is 15.9 Å². The zero-order valence-electron chi connectivity index (χ0n) is 18.4. The number of para-hydroxylation sites is 1. The Bertz CT molecular complexity index is 1310. The third-order valence-corrected chi connectivity index (χ3v) is 8.52. The number of hydrogen-bond donors (Lipinski definition) is 0. The minimum absolute atomic E-state index is 0.164. The topological polar surface area (TPSA) is 81.0 Å². The van der Waals surface area contributed by atoms with Gasteiger partial charge in [0, 0.05) is 31.8 Å². The predicted octanol–water partition coefficient (Wildman–Crippen LogP) is 3.79. The van der Waals surface area contributed by atoms with Crippen LogP contribution in [0.3, 0.4) is 0 Å². The van der Waals surface area contributed by atoms with E-state index in [-0.39, 0.29) is 16.3 Å². The maximum atomic E-state index is 14.5. The summed E-state index contributed by atoms with van der Waals surface area (Å²) >= 11 is 1.22. The van der Waals surface area contributed by atoms with Crippen LogP contribution in [0.5, 0.6) is 0 Å². The van der Waals surface area contributed by atoms with Crippen molar-refractivity contribution in [1.82, 2.24) is 8.87 Å². The smallest absolute Gasteiger partial charge is 0.279 e. The van der Waals surface area contributed by atoms with Crippen LogP contribution in [0.2, 0.25) is 0 Å². The Balaban J connectivity index is 1.64. The summed E-state index contributed by atoms with van der Waals surface area (Å²) in [7, 11) is -3.57. The van der Waals surface area contributed by atoms with Gasteiger partial charge in [-0.2, -0.15) is 9.30 Å². The van der Waals surface area contributed by atoms with Crippen LogP contribution in [0, 0.1) is 5.82 Å². The van der Waals surface area contributed by atoms with Gasteiger partial charge in [-0.15, -0.1) is 0 Å². The van der Waals surface area contributed by atoms with Crippen molar-refractivity contribution in [3.8, 4) is 0 Å². The summed E-state index contributed by atoms with van der Waals surface area (Å²) in [6, 6.07) is 10.6. The lowest BCUT2D eigenvalue weighted by Gasteiger charge is -2.25. The van der Waals surface area contributed by atoms with Crippen LogP contribution in [0.1, 0.15) is 36.5 Å². The maximum absolute atomic E-state index is 14.5. The minimum Gasteiger partial charge on any atom is -0.380 e. The molecule has 3 aromatic rings. The molecule has 0 atom stereocenters. The fourth-order valence-electron chi connectivity index (χ4n) is 3.85. The number of carbonyl (C=O) groups is 1. The number of hydrogen-bond acceptors (Lipinski definition) is 5. The second-order valence-corrected chi connectivity index (χ2v) is 10.7. The third-order valence-electron chi connectivity index (χ3n) is 5.57. The first-order valence-corrected chi connectivity index (χ1v) is 13.2. The van der Waals surface area contributed by atoms with Gasteiger partial charge in [-0.05, 0) is 56.2 Å². The SMILES string of the molecule is CCOCCn1c(=NC(=O)c2ccc(S(=O)(=O)N3CCCCC3)cc2)sc2cccc(F)c21. The highest BCUT2D eigenvalue weighted by Gasteiger charge is 2.26. The van der Waals surface area contributed by atoms with Crippen LogP contribution < -0.4 is 4.80 Å². The average molecular weight is 492 g/mol. The van der Waals surface area contributed by atoms with Crippen molar-refractivity contribution in [1.29, 1.82) is 0 Å². The van der Waals surface area contributed by atoms with Crippen molar-refractivity contribution in [3.05, 3.63) is 58.6 Å². The highest BCUT2D eigenvalue weighted by molar-refractivity contribution is 7.89. The van der Waals surface area contributed by atoms with Crippen LogP contribution in [-0.4, -0.2) is 49.5 Å². The Hall–Kier alpha value is -2.40. The molecule has 4 rings (SSSR count). The Kier molecular flexibility index (Phi) is 7.38. The number of amides is 1. The molecule has 1 aromatic heterocycles. The number of piperidine rings is 1. The monoisotopic (exact) mass is 491 g/mol. The molecule has 7 nitrogen and oxygen atoms in total. The number of carbonyl (C=O) groups excluding carboxylic acids is 1. The highest BCUT2D eigenvalue weighted by Crippen LogP contribution is 2.22. The van der Waals surface area contributed by atoms with Gasteiger partial charge in [0.25, 0.3) is 5.91 Å². The average Bonchev–Trinajstić information content (AvgIpc) is 3.18. The molecule has 0 radical (unpaired) electrons. The van der Waals surface area contributed by atoms with E-state index >= 15 is 0 Å². The van der Waals surface area contributed by atoms with Gasteiger partial charge < -0.3 is 9.30 Å². The fraction of sp³-hybridized carbons (Fsp3) is 0.391. The van der Waals surface area contributed by atoms with E-state index in [0.29, 0.717) is 47.9 Å². The number of sulfonamides is 1. The van der Waals surface area contributed by atoms with Crippen LogP contribution >= 0.6 is 11.3 Å². The lowest BCUT2D eigenvalue weighted by Crippen LogP contribution is -2.35. The third kappa shape index (κ3) is 5.08. The first-order chi connectivity index (χ1) is 15.9. The fourth-order valence-corrected chi connectivity index (χ4v) is 6.44. The molecule has 1 aliphatic heterocycles. The van der Waals surface area contributed by atoms with Crippen molar-refractivity contribution in [3.63, 3.8) is 0 Å². The molecule has 1 saturated heterocycles. The summed E-state index contributed by atoms with van der Waals surface area (Å²) in [6.45, 7) is 4.16. The molecule has 10 heteroatoms. The van der Waals surface area contributed by atoms with Gasteiger partial charge in [0.2, 0.25) is 10.0 Å². The maximum Gasteiger partial charge on any atom is 0.279 e. The number of rotatable bonds is 7. The normalized spacial score (nSPS) is 15.9. The van der Waals surface area contributed by atoms with Crippen LogP contribution in [0.25, 0.3) is 10.2 Å². The van der Waals surface area contributed by atoms with Gasteiger partial charge in [-0.25, -0.2) is 12.8 Å². The van der Waals surface area contributed by atoms with Gasteiger partial charge in [0.05, 0.1) is 21.7 Å². The molecule has 1 amide bonds. The van der Waals surface area contributed by atoms with Crippen molar-refractivity contribution in [2.75, 3.05) is 26.3 Å². The Labute approximate surface area is 196 Å². The van der Waals surface area contributed by atoms with E-state index in [9.17, 15) is 17.6 Å². The number of benzene rings is 2. The van der Waals surface area contributed by atoms with E-state index in [1.54, 1.807) is 16.7 Å². The number of thiazole rings is 1. The second-order valence-electron chi connectivity index (χ2n) is 7.73. The number of fused-ring (bicyclic) bond motifs is 1. The molecule has 0 bridgehead atoms. The van der Waals surface area contributed by atoms with Gasteiger partial charge in [0.1, 0.15) is 5.82 Å². The molecule has 2 heterocycles. The predicted molar refractivity (Wildman–Crippen MR) is 125 cm³/mol. The summed E-state index contributed by atoms with van der Waals surface area (Å²) in [5.41, 5.74) is 0.651. The Morgan fingerprint density at radius 2 is 1.85 bits per heavy atom. The van der Waals surface area contributed by atoms with E-state index in [1.165, 1.54) is 46.0 Å². The zero-order valence-corrected chi connectivity index (χ0v) is 20.0. The summed E-state index contributed by atoms with van der Waals surface area (Å²) in [6.07, 6.45) is 2.74. The summed E-state index contributed by atoms with van der Waals surface area (Å²) in [4.78, 5) is 17.6. The molecule has 2 aromatic carbocycles. The van der Waals surface area contributed by atoms with E-state index in [1.807, 2.05) is 6.92 Å². The summed E-state index contributed by atoms with van der Waals surface area (Å²) in [5.74, 6) is -0.907. The molecule has 0 saturated carbocycles. The second kappa shape index (κ2) is 10.3. The molecule has 1 fully saturated rings. The van der Waals surface area contributed by atoms with E-state index in [4.69, 9.17) is 4.74 Å². The van der Waals surface area contributed by atoms with Crippen LogP contribution in [0.15, 0.2) is 52.4 Å². The van der Waals surface area contributed by atoms with Crippen LogP contribution in [-0.2, 0) is 21.3 Å². The molecule has 0 spiro atoms. The number of ether oxygens (including phenoxy) is 1. The first-order valence-electron chi connectivity index (χ1n) is 11.0. The standard InChI is InChI=1S/C23H26FN3O4S2/c1-2-31-16-15-27-21-19(24)7-6-8-20(21)32-23(27)25-22(28)17-9-11-18(12-10-17)33(29,30)26-13-4-3-5-14-26/h6-12H,2-5,13-16H2,1H3. The minimum atomic E-state index is -3.57. The number of aromatic nitrogens is 1. The highest BCUT2D eigenvalue weighted by atomic mass is 32.2. The lowest BCUT2D eigenvalue weighted by atomic mass is 10.2. The Morgan fingerprint density at radius 1 is 1.12 bits per heavy atom. The molecule has 1 aliphatic rings. The van der Waals surface area contributed by atoms with Gasteiger partial charge in [0.15, 0.2) is 4.80 Å². The van der Waals surface area contributed by atoms with Crippen molar-refractivity contribution in [2.24, 2.45) is 4.99 Å². The first kappa shape index (κ1) is 23.7. The quantitative estimate of drug-likeness (QED) is 0.471. The van der Waals surface area contributed by atoms with E-state index in [0.717, 1.165) is 19.3 Å². The van der Waals surface area contributed by atoms with E-state index in [2.05, 4.69) is 4.99 Å². The lowest BCUT2D eigenvalue weighted by molar-refractivity contribution is 0.0996. The summed E-state index contributed by atoms with van der Waals surface area (Å²) < 4.78 is 49.4. The van der Waals surface area contributed by atoms with Crippen molar-refractivity contribution >= 4 is 37.5 Å². The Morgan fingerprint density at radius 3 is 2.55 bits per heavy atom. The molecule has 0 N–H and O–H groups in total. The molecule has 0 unspecified atom stereocenters. The molecular formula is C23H26FN3O4S2. The van der Waals surface area contributed by atoms with Gasteiger partial charge in [-0.1, -0.05) is 23.8 Å². The number of halogens is 1. The molecular weight excluding hydrogens is 465 g/mol. The summed E-state index contributed by atoms with van der Waals surface area (Å²) in [5, 5.41) is 0. The van der Waals surface area contributed by atoms with Crippen LogP contribution in [0.4, 0.5) is 4.39 Å². The molecule has 0 aliphatic carbocycles. The number of nitrogens with zero attached hydrogens (tertiary/aromatic N) is 3.